The molecule has 2 nitrogen and oxygen atoms in total. The number of fused-ring (bicyclic) bond motifs is 1. The molecule has 3 rings (SSSR count). The SMILES string of the molecule is Nc1cccc(Cl)c1SCc1cc(F)cc2cccnc12. The van der Waals surface area contributed by atoms with Gasteiger partial charge in [-0.3, -0.25) is 4.98 Å². The van der Waals surface area contributed by atoms with Crippen molar-refractivity contribution in [1.82, 2.24) is 4.98 Å². The van der Waals surface area contributed by atoms with Crippen molar-refractivity contribution in [2.75, 3.05) is 5.73 Å². The number of anilines is 1. The molecule has 3 aromatic rings. The van der Waals surface area contributed by atoms with Crippen molar-refractivity contribution < 1.29 is 4.39 Å². The molecule has 0 bridgehead atoms. The molecular formula is C16H12ClFN2S. The van der Waals surface area contributed by atoms with Gasteiger partial charge in [-0.25, -0.2) is 4.39 Å². The predicted molar refractivity (Wildman–Crippen MR) is 87.1 cm³/mol. The number of rotatable bonds is 3. The van der Waals surface area contributed by atoms with Gasteiger partial charge in [0.25, 0.3) is 0 Å². The van der Waals surface area contributed by atoms with Gasteiger partial charge in [0, 0.05) is 27.9 Å². The van der Waals surface area contributed by atoms with E-state index < -0.39 is 0 Å². The Kier molecular flexibility index (Phi) is 3.99. The van der Waals surface area contributed by atoms with Crippen molar-refractivity contribution in [3.05, 3.63) is 65.1 Å². The minimum absolute atomic E-state index is 0.266. The molecule has 0 amide bonds. The van der Waals surface area contributed by atoms with Crippen molar-refractivity contribution >= 4 is 40.0 Å². The van der Waals surface area contributed by atoms with Crippen LogP contribution in [-0.2, 0) is 5.75 Å². The largest absolute Gasteiger partial charge is 0.398 e. The molecule has 0 spiro atoms. The molecule has 2 aromatic carbocycles. The van der Waals surface area contributed by atoms with E-state index in [0.29, 0.717) is 16.5 Å². The van der Waals surface area contributed by atoms with Gasteiger partial charge in [0.1, 0.15) is 5.82 Å². The third kappa shape index (κ3) is 2.96. The molecule has 0 fully saturated rings. The number of aromatic nitrogens is 1. The summed E-state index contributed by atoms with van der Waals surface area (Å²) in [6.45, 7) is 0. The number of pyridine rings is 1. The van der Waals surface area contributed by atoms with Gasteiger partial charge in [0.05, 0.1) is 10.5 Å². The van der Waals surface area contributed by atoms with Gasteiger partial charge >= 0.3 is 0 Å². The standard InChI is InChI=1S/C16H12ClFN2S/c17-13-4-1-5-14(19)16(13)21-9-11-8-12(18)7-10-3-2-6-20-15(10)11/h1-8H,9,19H2. The summed E-state index contributed by atoms with van der Waals surface area (Å²) in [5, 5.41) is 1.40. The highest BCUT2D eigenvalue weighted by Gasteiger charge is 2.09. The number of thioether (sulfide) groups is 1. The molecule has 0 radical (unpaired) electrons. The van der Waals surface area contributed by atoms with E-state index in [-0.39, 0.29) is 5.82 Å². The second kappa shape index (κ2) is 5.92. The quantitative estimate of drug-likeness (QED) is 0.551. The lowest BCUT2D eigenvalue weighted by Crippen LogP contribution is -1.92. The van der Waals surface area contributed by atoms with Crippen LogP contribution in [0.4, 0.5) is 10.1 Å². The van der Waals surface area contributed by atoms with E-state index >= 15 is 0 Å². The highest BCUT2D eigenvalue weighted by atomic mass is 35.5. The van der Waals surface area contributed by atoms with Crippen LogP contribution in [0.15, 0.2) is 53.6 Å². The highest BCUT2D eigenvalue weighted by Crippen LogP contribution is 2.35. The second-order valence-electron chi connectivity index (χ2n) is 4.59. The Bertz CT molecular complexity index is 787. The van der Waals surface area contributed by atoms with Crippen LogP contribution in [0.2, 0.25) is 5.02 Å². The fourth-order valence-electron chi connectivity index (χ4n) is 2.17. The van der Waals surface area contributed by atoms with Crippen LogP contribution in [0.3, 0.4) is 0 Å². The third-order valence-corrected chi connectivity index (χ3v) is 4.74. The number of nitrogens with two attached hydrogens (primary N) is 1. The summed E-state index contributed by atoms with van der Waals surface area (Å²) in [7, 11) is 0. The minimum Gasteiger partial charge on any atom is -0.398 e. The lowest BCUT2D eigenvalue weighted by molar-refractivity contribution is 0.628. The first-order valence-electron chi connectivity index (χ1n) is 6.35. The average molecular weight is 319 g/mol. The van der Waals surface area contributed by atoms with Gasteiger partial charge in [-0.15, -0.1) is 11.8 Å². The molecule has 0 atom stereocenters. The molecule has 0 saturated heterocycles. The van der Waals surface area contributed by atoms with E-state index in [2.05, 4.69) is 4.98 Å². The van der Waals surface area contributed by atoms with E-state index in [0.717, 1.165) is 21.4 Å². The summed E-state index contributed by atoms with van der Waals surface area (Å²) in [5.74, 6) is 0.289. The molecule has 0 aliphatic heterocycles. The highest BCUT2D eigenvalue weighted by molar-refractivity contribution is 7.98. The Labute approximate surface area is 131 Å². The Morgan fingerprint density at radius 3 is 2.86 bits per heavy atom. The molecule has 0 unspecified atom stereocenters. The Balaban J connectivity index is 1.95. The van der Waals surface area contributed by atoms with Gasteiger partial charge in [0.2, 0.25) is 0 Å². The summed E-state index contributed by atoms with van der Waals surface area (Å²) < 4.78 is 13.7. The first-order chi connectivity index (χ1) is 10.1. The van der Waals surface area contributed by atoms with Crippen LogP contribution in [0.5, 0.6) is 0 Å². The van der Waals surface area contributed by atoms with Crippen LogP contribution in [0.1, 0.15) is 5.56 Å². The summed E-state index contributed by atoms with van der Waals surface area (Å²) in [5.41, 5.74) is 8.19. The molecule has 0 saturated carbocycles. The maximum Gasteiger partial charge on any atom is 0.124 e. The molecule has 1 heterocycles. The topological polar surface area (TPSA) is 38.9 Å². The van der Waals surface area contributed by atoms with Crippen LogP contribution >= 0.6 is 23.4 Å². The Hall–Kier alpha value is -1.78. The normalized spacial score (nSPS) is 11.0. The summed E-state index contributed by atoms with van der Waals surface area (Å²) in [6.07, 6.45) is 1.71. The summed E-state index contributed by atoms with van der Waals surface area (Å²) in [6, 6.07) is 12.0. The minimum atomic E-state index is -0.266. The third-order valence-electron chi connectivity index (χ3n) is 3.12. The number of benzene rings is 2. The molecular weight excluding hydrogens is 307 g/mol. The predicted octanol–water partition coefficient (Wildman–Crippen LogP) is 4.90. The van der Waals surface area contributed by atoms with Crippen LogP contribution < -0.4 is 5.73 Å². The van der Waals surface area contributed by atoms with Gasteiger partial charge < -0.3 is 5.73 Å². The first-order valence-corrected chi connectivity index (χ1v) is 7.71. The number of nitrogen functional groups attached to an aromatic ring is 1. The molecule has 0 aliphatic carbocycles. The number of hydrogen-bond acceptors (Lipinski definition) is 3. The maximum absolute atomic E-state index is 13.7. The van der Waals surface area contributed by atoms with Gasteiger partial charge in [-0.2, -0.15) is 0 Å². The fourth-order valence-corrected chi connectivity index (χ4v) is 3.47. The Morgan fingerprint density at radius 1 is 1.19 bits per heavy atom. The van der Waals surface area contributed by atoms with Crippen LogP contribution in [0, 0.1) is 5.82 Å². The lowest BCUT2D eigenvalue weighted by atomic mass is 10.1. The molecule has 0 aliphatic rings. The molecule has 106 valence electrons. The van der Waals surface area contributed by atoms with Crippen molar-refractivity contribution in [2.24, 2.45) is 0 Å². The number of halogens is 2. The molecule has 2 N–H and O–H groups in total. The van der Waals surface area contributed by atoms with Crippen molar-refractivity contribution in [3.63, 3.8) is 0 Å². The van der Waals surface area contributed by atoms with Crippen LogP contribution in [0.25, 0.3) is 10.9 Å². The van der Waals surface area contributed by atoms with Crippen molar-refractivity contribution in [2.45, 2.75) is 10.6 Å². The van der Waals surface area contributed by atoms with E-state index in [4.69, 9.17) is 17.3 Å². The Morgan fingerprint density at radius 2 is 2.05 bits per heavy atom. The van der Waals surface area contributed by atoms with Gasteiger partial charge in [-0.1, -0.05) is 23.7 Å². The van der Waals surface area contributed by atoms with Gasteiger partial charge in [0.15, 0.2) is 0 Å². The zero-order valence-electron chi connectivity index (χ0n) is 11.0. The van der Waals surface area contributed by atoms with Crippen molar-refractivity contribution in [3.8, 4) is 0 Å². The zero-order chi connectivity index (χ0) is 14.8. The second-order valence-corrected chi connectivity index (χ2v) is 5.98. The lowest BCUT2D eigenvalue weighted by Gasteiger charge is -2.09. The molecule has 1 aromatic heterocycles. The van der Waals surface area contributed by atoms with E-state index in [1.165, 1.54) is 23.9 Å². The fraction of sp³-hybridized carbons (Fsp3) is 0.0625. The van der Waals surface area contributed by atoms with Crippen LogP contribution in [-0.4, -0.2) is 4.98 Å². The smallest absolute Gasteiger partial charge is 0.124 e. The van der Waals surface area contributed by atoms with E-state index in [9.17, 15) is 4.39 Å². The zero-order valence-corrected chi connectivity index (χ0v) is 12.6. The first kappa shape index (κ1) is 14.2. The van der Waals surface area contributed by atoms with Gasteiger partial charge in [-0.05, 0) is 35.9 Å². The maximum atomic E-state index is 13.7. The van der Waals surface area contributed by atoms with Crippen molar-refractivity contribution in [1.29, 1.82) is 0 Å². The summed E-state index contributed by atoms with van der Waals surface area (Å²) >= 11 is 7.64. The summed E-state index contributed by atoms with van der Waals surface area (Å²) in [4.78, 5) is 5.15. The molecule has 5 heteroatoms. The monoisotopic (exact) mass is 318 g/mol. The molecule has 21 heavy (non-hydrogen) atoms. The van der Waals surface area contributed by atoms with E-state index in [1.807, 2.05) is 6.07 Å². The number of hydrogen-bond donors (Lipinski definition) is 1. The number of nitrogens with zero attached hydrogens (tertiary/aromatic N) is 1. The average Bonchev–Trinajstić information content (AvgIpc) is 2.46. The van der Waals surface area contributed by atoms with E-state index in [1.54, 1.807) is 30.5 Å².